The number of hydrogen-bond acceptors (Lipinski definition) is 4. The summed E-state index contributed by atoms with van der Waals surface area (Å²) < 4.78 is 10.6. The largest absolute Gasteiger partial charge is 0.492 e. The Hall–Kier alpha value is -1.55. The minimum Gasteiger partial charge on any atom is -0.492 e. The first-order valence-electron chi connectivity index (χ1n) is 6.57. The average Bonchev–Trinajstić information content (AvgIpc) is 2.33. The van der Waals surface area contributed by atoms with E-state index in [1.807, 2.05) is 44.9 Å². The summed E-state index contributed by atoms with van der Waals surface area (Å²) in [6, 6.07) is 6.14. The van der Waals surface area contributed by atoms with Crippen molar-refractivity contribution in [3.8, 4) is 5.75 Å². The zero-order chi connectivity index (χ0) is 14.3. The van der Waals surface area contributed by atoms with E-state index in [0.29, 0.717) is 26.3 Å². The third-order valence-corrected chi connectivity index (χ3v) is 2.78. The number of nitrogens with zero attached hydrogens (tertiary/aromatic N) is 1. The minimum atomic E-state index is -0.197. The Kier molecular flexibility index (Phi) is 6.36. The topological polar surface area (TPSA) is 38.8 Å². The smallest absolute Gasteiger partial charge is 0.320 e. The molecular formula is C15H23NO3. The molecule has 0 heterocycles. The molecule has 0 saturated heterocycles. The fraction of sp³-hybridized carbons (Fsp3) is 0.533. The van der Waals surface area contributed by atoms with Gasteiger partial charge < -0.3 is 9.47 Å². The van der Waals surface area contributed by atoms with Gasteiger partial charge in [0.15, 0.2) is 0 Å². The van der Waals surface area contributed by atoms with Crippen molar-refractivity contribution in [1.29, 1.82) is 0 Å². The molecule has 0 bridgehead atoms. The molecule has 0 aliphatic heterocycles. The van der Waals surface area contributed by atoms with Crippen LogP contribution in [-0.2, 0) is 9.53 Å². The molecule has 4 heteroatoms. The first-order chi connectivity index (χ1) is 9.02. The number of esters is 1. The zero-order valence-corrected chi connectivity index (χ0v) is 12.2. The van der Waals surface area contributed by atoms with Gasteiger partial charge in [-0.05, 0) is 45.0 Å². The molecule has 1 aromatic carbocycles. The normalized spacial score (nSPS) is 10.6. The van der Waals surface area contributed by atoms with E-state index in [4.69, 9.17) is 9.47 Å². The molecule has 0 radical (unpaired) electrons. The van der Waals surface area contributed by atoms with Gasteiger partial charge in [-0.25, -0.2) is 0 Å². The van der Waals surface area contributed by atoms with Gasteiger partial charge >= 0.3 is 5.97 Å². The first kappa shape index (κ1) is 15.5. The summed E-state index contributed by atoms with van der Waals surface area (Å²) in [7, 11) is 1.88. The molecule has 0 atom stereocenters. The van der Waals surface area contributed by atoms with Crippen molar-refractivity contribution >= 4 is 5.97 Å². The van der Waals surface area contributed by atoms with Crippen LogP contribution in [0.15, 0.2) is 18.2 Å². The van der Waals surface area contributed by atoms with Gasteiger partial charge in [-0.15, -0.1) is 0 Å². The maximum absolute atomic E-state index is 11.3. The van der Waals surface area contributed by atoms with Gasteiger partial charge in [-0.3, -0.25) is 9.69 Å². The molecule has 1 aromatic rings. The van der Waals surface area contributed by atoms with E-state index in [1.54, 1.807) is 0 Å². The Morgan fingerprint density at radius 2 is 2.05 bits per heavy atom. The van der Waals surface area contributed by atoms with E-state index in [9.17, 15) is 4.79 Å². The maximum Gasteiger partial charge on any atom is 0.320 e. The van der Waals surface area contributed by atoms with Gasteiger partial charge in [0.05, 0.1) is 13.2 Å². The molecule has 0 saturated carbocycles. The Balaban J connectivity index is 2.33. The van der Waals surface area contributed by atoms with Gasteiger partial charge in [-0.1, -0.05) is 12.1 Å². The molecule has 0 N–H and O–H groups in total. The summed E-state index contributed by atoms with van der Waals surface area (Å²) in [6.07, 6.45) is 0. The van der Waals surface area contributed by atoms with Crippen LogP contribution in [0.3, 0.4) is 0 Å². The highest BCUT2D eigenvalue weighted by Crippen LogP contribution is 2.18. The lowest BCUT2D eigenvalue weighted by Crippen LogP contribution is -2.31. The summed E-state index contributed by atoms with van der Waals surface area (Å²) in [5.74, 6) is 0.710. The summed E-state index contributed by atoms with van der Waals surface area (Å²) >= 11 is 0. The molecule has 4 nitrogen and oxygen atoms in total. The number of hydrogen-bond donors (Lipinski definition) is 0. The number of ether oxygens (including phenoxy) is 2. The number of rotatable bonds is 7. The predicted molar refractivity (Wildman–Crippen MR) is 75.5 cm³/mol. The number of benzene rings is 1. The molecular weight excluding hydrogens is 242 g/mol. The molecule has 0 unspecified atom stereocenters. The van der Waals surface area contributed by atoms with Crippen molar-refractivity contribution in [3.63, 3.8) is 0 Å². The van der Waals surface area contributed by atoms with Crippen LogP contribution in [0, 0.1) is 13.8 Å². The number of likely N-dealkylation sites (N-methyl/N-ethyl adjacent to an activating group) is 1. The number of aryl methyl sites for hydroxylation is 2. The van der Waals surface area contributed by atoms with Gasteiger partial charge in [0.2, 0.25) is 0 Å². The highest BCUT2D eigenvalue weighted by Gasteiger charge is 2.07. The molecule has 0 aliphatic rings. The molecule has 0 amide bonds. The maximum atomic E-state index is 11.3. The predicted octanol–water partition coefficient (Wildman–Crippen LogP) is 2.18. The number of carbonyl (C=O) groups excluding carboxylic acids is 1. The van der Waals surface area contributed by atoms with Crippen LogP contribution in [0.2, 0.25) is 0 Å². The van der Waals surface area contributed by atoms with E-state index in [2.05, 4.69) is 6.07 Å². The van der Waals surface area contributed by atoms with Crippen molar-refractivity contribution in [2.75, 3.05) is 33.4 Å². The molecule has 0 aromatic heterocycles. The monoisotopic (exact) mass is 265 g/mol. The summed E-state index contributed by atoms with van der Waals surface area (Å²) in [5.41, 5.74) is 2.30. The standard InChI is InChI=1S/C15H23NO3/c1-5-18-15(17)11-16(4)8-9-19-14-10-12(2)6-7-13(14)3/h6-7,10H,5,8-9,11H2,1-4H3. The van der Waals surface area contributed by atoms with E-state index in [1.165, 1.54) is 5.56 Å². The van der Waals surface area contributed by atoms with Gasteiger partial charge in [-0.2, -0.15) is 0 Å². The minimum absolute atomic E-state index is 0.197. The molecule has 1 rings (SSSR count). The SMILES string of the molecule is CCOC(=O)CN(C)CCOc1cc(C)ccc1C. The van der Waals surface area contributed by atoms with Crippen molar-refractivity contribution in [3.05, 3.63) is 29.3 Å². The highest BCUT2D eigenvalue weighted by molar-refractivity contribution is 5.71. The lowest BCUT2D eigenvalue weighted by atomic mass is 10.1. The Labute approximate surface area is 115 Å². The first-order valence-corrected chi connectivity index (χ1v) is 6.57. The molecule has 19 heavy (non-hydrogen) atoms. The van der Waals surface area contributed by atoms with Gasteiger partial charge in [0, 0.05) is 6.54 Å². The molecule has 106 valence electrons. The Morgan fingerprint density at radius 3 is 2.74 bits per heavy atom. The van der Waals surface area contributed by atoms with Crippen LogP contribution in [-0.4, -0.2) is 44.2 Å². The van der Waals surface area contributed by atoms with E-state index in [-0.39, 0.29) is 5.97 Å². The second kappa shape index (κ2) is 7.79. The van der Waals surface area contributed by atoms with Crippen LogP contribution in [0.4, 0.5) is 0 Å². The summed E-state index contributed by atoms with van der Waals surface area (Å²) in [5, 5.41) is 0. The van der Waals surface area contributed by atoms with Crippen molar-refractivity contribution in [2.24, 2.45) is 0 Å². The quantitative estimate of drug-likeness (QED) is 0.708. The van der Waals surface area contributed by atoms with E-state index in [0.717, 1.165) is 11.3 Å². The van der Waals surface area contributed by atoms with Crippen LogP contribution in [0.1, 0.15) is 18.1 Å². The second-order valence-electron chi connectivity index (χ2n) is 4.66. The lowest BCUT2D eigenvalue weighted by molar-refractivity contribution is -0.144. The Bertz CT molecular complexity index is 418. The summed E-state index contributed by atoms with van der Waals surface area (Å²) in [6.45, 7) is 7.83. The third kappa shape index (κ3) is 5.75. The number of carbonyl (C=O) groups is 1. The molecule has 0 aliphatic carbocycles. The van der Waals surface area contributed by atoms with Crippen molar-refractivity contribution in [2.45, 2.75) is 20.8 Å². The second-order valence-corrected chi connectivity index (χ2v) is 4.66. The zero-order valence-electron chi connectivity index (χ0n) is 12.2. The fourth-order valence-electron chi connectivity index (χ4n) is 1.68. The average molecular weight is 265 g/mol. The fourth-order valence-corrected chi connectivity index (χ4v) is 1.68. The van der Waals surface area contributed by atoms with Crippen molar-refractivity contribution < 1.29 is 14.3 Å². The highest BCUT2D eigenvalue weighted by atomic mass is 16.5. The van der Waals surface area contributed by atoms with Crippen molar-refractivity contribution in [1.82, 2.24) is 4.90 Å². The van der Waals surface area contributed by atoms with E-state index >= 15 is 0 Å². The van der Waals surface area contributed by atoms with Crippen LogP contribution in [0.5, 0.6) is 5.75 Å². The molecule has 0 spiro atoms. The van der Waals surface area contributed by atoms with Crippen LogP contribution in [0.25, 0.3) is 0 Å². The van der Waals surface area contributed by atoms with Crippen LogP contribution >= 0.6 is 0 Å². The van der Waals surface area contributed by atoms with Crippen LogP contribution < -0.4 is 4.74 Å². The lowest BCUT2D eigenvalue weighted by Gasteiger charge is -2.16. The van der Waals surface area contributed by atoms with E-state index < -0.39 is 0 Å². The molecule has 0 fully saturated rings. The third-order valence-electron chi connectivity index (χ3n) is 2.78. The van der Waals surface area contributed by atoms with Gasteiger partial charge in [0.25, 0.3) is 0 Å². The van der Waals surface area contributed by atoms with Gasteiger partial charge in [0.1, 0.15) is 12.4 Å². The Morgan fingerprint density at radius 1 is 1.32 bits per heavy atom. The summed E-state index contributed by atoms with van der Waals surface area (Å²) in [4.78, 5) is 13.2.